The van der Waals surface area contributed by atoms with Crippen molar-refractivity contribution in [3.8, 4) is 0 Å². The van der Waals surface area contributed by atoms with E-state index in [0.717, 1.165) is 48.8 Å². The van der Waals surface area contributed by atoms with Gasteiger partial charge in [0.2, 0.25) is 5.95 Å². The molecule has 1 aliphatic carbocycles. The Morgan fingerprint density at radius 3 is 2.37 bits per heavy atom. The molecule has 2 aromatic rings. The summed E-state index contributed by atoms with van der Waals surface area (Å²) in [5.74, 6) is 8.86. The lowest BCUT2D eigenvalue weighted by Crippen LogP contribution is -2.47. The quantitative estimate of drug-likeness (QED) is 0.487. The summed E-state index contributed by atoms with van der Waals surface area (Å²) in [4.78, 5) is 11.5. The molecule has 4 rings (SSSR count). The first-order valence-corrected chi connectivity index (χ1v) is 12.1. The van der Waals surface area contributed by atoms with Gasteiger partial charge in [0, 0.05) is 43.8 Å². The van der Waals surface area contributed by atoms with Crippen LogP contribution in [0.5, 0.6) is 0 Å². The molecule has 1 aromatic heterocycles. The highest BCUT2D eigenvalue weighted by atomic mass is 32.2. The van der Waals surface area contributed by atoms with Crippen LogP contribution in [0.3, 0.4) is 0 Å². The van der Waals surface area contributed by atoms with Crippen LogP contribution in [0, 0.1) is 17.8 Å². The van der Waals surface area contributed by atoms with E-state index in [2.05, 4.69) is 27.5 Å². The fourth-order valence-electron chi connectivity index (χ4n) is 4.26. The Morgan fingerprint density at radius 2 is 1.83 bits per heavy atom. The number of hydrazine groups is 1. The number of piperidine rings is 1. The standard InChI is InChI=1S/C21H28N6O2S/c1-3-14-8-24-21(25-9-14)26-10-17-18(11-26)19(17)12-27(23)13-20(22)15-4-6-16(7-5-15)30(2,28)29/h4-9,13,17-19H,3,10-12,22-23H2,1-2H3/p+1/b20-13-/t17-,18+,19?. The number of sulfone groups is 1. The van der Waals surface area contributed by atoms with Crippen molar-refractivity contribution in [2.75, 3.05) is 30.8 Å². The Hall–Kier alpha value is -2.49. The van der Waals surface area contributed by atoms with Gasteiger partial charge in [-0.25, -0.2) is 24.2 Å². The topological polar surface area (TPSA) is 120 Å². The first-order valence-electron chi connectivity index (χ1n) is 10.2. The zero-order chi connectivity index (χ0) is 21.5. The van der Waals surface area contributed by atoms with E-state index in [1.807, 2.05) is 18.6 Å². The largest absolute Gasteiger partial charge is 0.340 e. The van der Waals surface area contributed by atoms with E-state index in [9.17, 15) is 8.42 Å². The Kier molecular flexibility index (Phi) is 5.52. The zero-order valence-corrected chi connectivity index (χ0v) is 18.2. The fourth-order valence-corrected chi connectivity index (χ4v) is 4.89. The van der Waals surface area contributed by atoms with Gasteiger partial charge >= 0.3 is 0 Å². The average molecular weight is 430 g/mol. The SMILES string of the molecule is CCc1cnc(N2C[C@@H]3C(CN(N)/C=C(\[NH3+])c4ccc(S(C)(=O)=O)cc4)[C@@H]3C2)nc1. The summed E-state index contributed by atoms with van der Waals surface area (Å²) in [5, 5.41) is 1.70. The van der Waals surface area contributed by atoms with E-state index in [-0.39, 0.29) is 0 Å². The smallest absolute Gasteiger partial charge is 0.225 e. The van der Waals surface area contributed by atoms with Gasteiger partial charge in [0.1, 0.15) is 0 Å². The summed E-state index contributed by atoms with van der Waals surface area (Å²) in [7, 11) is -3.20. The van der Waals surface area contributed by atoms with Crippen molar-refractivity contribution in [3.63, 3.8) is 0 Å². The maximum atomic E-state index is 11.6. The molecule has 0 bridgehead atoms. The van der Waals surface area contributed by atoms with Gasteiger partial charge in [-0.1, -0.05) is 6.92 Å². The minimum Gasteiger partial charge on any atom is -0.340 e. The summed E-state index contributed by atoms with van der Waals surface area (Å²) in [6.45, 7) is 4.83. The first-order chi connectivity index (χ1) is 14.3. The lowest BCUT2D eigenvalue weighted by Gasteiger charge is -2.21. The Bertz CT molecular complexity index is 1020. The van der Waals surface area contributed by atoms with Gasteiger partial charge in [0.05, 0.1) is 11.1 Å². The van der Waals surface area contributed by atoms with Crippen LogP contribution in [0.4, 0.5) is 5.95 Å². The molecule has 5 N–H and O–H groups in total. The molecule has 3 atom stereocenters. The minimum atomic E-state index is -3.20. The maximum absolute atomic E-state index is 11.6. The highest BCUT2D eigenvalue weighted by Gasteiger charge is 2.56. The molecule has 30 heavy (non-hydrogen) atoms. The zero-order valence-electron chi connectivity index (χ0n) is 17.4. The number of hydrogen-bond acceptors (Lipinski definition) is 7. The molecule has 8 nitrogen and oxygen atoms in total. The molecule has 2 aliphatic rings. The number of fused-ring (bicyclic) bond motifs is 1. The van der Waals surface area contributed by atoms with E-state index < -0.39 is 9.84 Å². The Morgan fingerprint density at radius 1 is 1.23 bits per heavy atom. The van der Waals surface area contributed by atoms with E-state index in [0.29, 0.717) is 22.6 Å². The highest BCUT2D eigenvalue weighted by Crippen LogP contribution is 2.52. The number of aryl methyl sites for hydroxylation is 1. The van der Waals surface area contributed by atoms with Crippen LogP contribution in [0.25, 0.3) is 5.70 Å². The van der Waals surface area contributed by atoms with Crippen molar-refractivity contribution < 1.29 is 14.2 Å². The van der Waals surface area contributed by atoms with Crippen molar-refractivity contribution in [1.82, 2.24) is 15.0 Å². The summed E-state index contributed by atoms with van der Waals surface area (Å²) in [5.41, 5.74) is 6.84. The summed E-state index contributed by atoms with van der Waals surface area (Å²) in [6, 6.07) is 6.71. The number of anilines is 1. The second kappa shape index (κ2) is 7.98. The second-order valence-corrected chi connectivity index (χ2v) is 10.3. The first kappa shape index (κ1) is 20.8. The van der Waals surface area contributed by atoms with Crippen molar-refractivity contribution in [1.29, 1.82) is 0 Å². The van der Waals surface area contributed by atoms with Crippen LogP contribution >= 0.6 is 0 Å². The third-order valence-electron chi connectivity index (χ3n) is 6.15. The average Bonchev–Trinajstić information content (AvgIpc) is 3.15. The van der Waals surface area contributed by atoms with E-state index >= 15 is 0 Å². The molecule has 1 unspecified atom stereocenters. The molecular formula is C21H29N6O2S+. The monoisotopic (exact) mass is 429 g/mol. The number of rotatable bonds is 7. The molecule has 160 valence electrons. The van der Waals surface area contributed by atoms with Gasteiger partial charge < -0.3 is 15.6 Å². The summed E-state index contributed by atoms with van der Waals surface area (Å²) < 4.78 is 23.2. The van der Waals surface area contributed by atoms with Crippen LogP contribution in [-0.2, 0) is 16.3 Å². The second-order valence-electron chi connectivity index (χ2n) is 8.29. The van der Waals surface area contributed by atoms with Gasteiger partial charge in [-0.15, -0.1) is 0 Å². The maximum Gasteiger partial charge on any atom is 0.225 e. The van der Waals surface area contributed by atoms with Crippen LogP contribution in [-0.4, -0.2) is 49.3 Å². The molecule has 2 fully saturated rings. The van der Waals surface area contributed by atoms with E-state index in [4.69, 9.17) is 5.84 Å². The molecule has 0 spiro atoms. The normalized spacial score (nSPS) is 23.4. The fraction of sp³-hybridized carbons (Fsp3) is 0.429. The van der Waals surface area contributed by atoms with E-state index in [1.165, 1.54) is 6.26 Å². The van der Waals surface area contributed by atoms with Crippen molar-refractivity contribution in [2.24, 2.45) is 23.6 Å². The van der Waals surface area contributed by atoms with Gasteiger partial charge in [-0.3, -0.25) is 0 Å². The lowest BCUT2D eigenvalue weighted by molar-refractivity contribution is -0.245. The minimum absolute atomic E-state index is 0.298. The van der Waals surface area contributed by atoms with Gasteiger partial charge in [0.15, 0.2) is 15.5 Å². The van der Waals surface area contributed by atoms with Crippen LogP contribution in [0.1, 0.15) is 18.1 Å². The number of benzene rings is 1. The predicted molar refractivity (Wildman–Crippen MR) is 115 cm³/mol. The Labute approximate surface area is 177 Å². The van der Waals surface area contributed by atoms with Crippen molar-refractivity contribution in [2.45, 2.75) is 18.2 Å². The van der Waals surface area contributed by atoms with Crippen LogP contribution in [0.2, 0.25) is 0 Å². The Balaban J connectivity index is 1.31. The lowest BCUT2D eigenvalue weighted by atomic mass is 10.2. The van der Waals surface area contributed by atoms with E-state index in [1.54, 1.807) is 29.3 Å². The summed E-state index contributed by atoms with van der Waals surface area (Å²) >= 11 is 0. The molecule has 2 heterocycles. The third kappa shape index (κ3) is 4.33. The number of nitrogens with two attached hydrogens (primary N) is 1. The predicted octanol–water partition coefficient (Wildman–Crippen LogP) is 0.541. The van der Waals surface area contributed by atoms with Crippen molar-refractivity contribution >= 4 is 21.5 Å². The number of quaternary nitrogens is 1. The molecule has 1 saturated carbocycles. The number of nitrogens with zero attached hydrogens (tertiary/aromatic N) is 4. The molecule has 1 saturated heterocycles. The molecule has 1 aliphatic heterocycles. The van der Waals surface area contributed by atoms with Gasteiger partial charge in [-0.05, 0) is 54.0 Å². The van der Waals surface area contributed by atoms with Crippen LogP contribution < -0.4 is 16.5 Å². The third-order valence-corrected chi connectivity index (χ3v) is 7.28. The van der Waals surface area contributed by atoms with Crippen LogP contribution in [0.15, 0.2) is 47.8 Å². The van der Waals surface area contributed by atoms with Crippen molar-refractivity contribution in [3.05, 3.63) is 54.0 Å². The molecule has 0 amide bonds. The highest BCUT2D eigenvalue weighted by molar-refractivity contribution is 7.90. The number of hydrogen-bond donors (Lipinski definition) is 2. The summed E-state index contributed by atoms with van der Waals surface area (Å²) in [6.07, 6.45) is 7.80. The molecule has 1 aromatic carbocycles. The molecule has 0 radical (unpaired) electrons. The number of aromatic nitrogens is 2. The molecular weight excluding hydrogens is 400 g/mol. The van der Waals surface area contributed by atoms with Gasteiger partial charge in [-0.2, -0.15) is 0 Å². The van der Waals surface area contributed by atoms with Gasteiger partial charge in [0.25, 0.3) is 0 Å². The molecule has 9 heteroatoms.